The van der Waals surface area contributed by atoms with Crippen LogP contribution in [0.4, 0.5) is 0 Å². The third-order valence-corrected chi connectivity index (χ3v) is 3.58. The maximum Gasteiger partial charge on any atom is 0.268 e. The SMILES string of the molecule is C[OH+]C1=C(C)C(O)=CC2OC(c3ccccc3)=CC=C12. The molecule has 102 valence electrons. The fourth-order valence-electron chi connectivity index (χ4n) is 2.51. The lowest BCUT2D eigenvalue weighted by molar-refractivity contribution is 0.0850. The number of aliphatic hydroxyl groups is 3. The van der Waals surface area contributed by atoms with E-state index in [4.69, 9.17) is 4.74 Å². The Kier molecular flexibility index (Phi) is 3.11. The molecule has 1 aromatic rings. The Labute approximate surface area is 118 Å². The summed E-state index contributed by atoms with van der Waals surface area (Å²) in [7, 11) is 1.73. The van der Waals surface area contributed by atoms with Crippen LogP contribution < -0.4 is 0 Å². The summed E-state index contributed by atoms with van der Waals surface area (Å²) < 4.78 is 10.3. The van der Waals surface area contributed by atoms with Gasteiger partial charge in [-0.2, -0.15) is 0 Å². The van der Waals surface area contributed by atoms with E-state index in [1.807, 2.05) is 49.4 Å². The van der Waals surface area contributed by atoms with E-state index < -0.39 is 0 Å². The van der Waals surface area contributed by atoms with Crippen molar-refractivity contribution in [3.63, 3.8) is 0 Å². The minimum Gasteiger partial charge on any atom is -0.584 e. The lowest BCUT2D eigenvalue weighted by atomic mass is 9.94. The number of hydrogen-bond donors (Lipinski definition) is 1. The highest BCUT2D eigenvalue weighted by molar-refractivity contribution is 5.65. The molecule has 0 fully saturated rings. The van der Waals surface area contributed by atoms with Crippen LogP contribution in [0, 0.1) is 0 Å². The van der Waals surface area contributed by atoms with Gasteiger partial charge in [0.25, 0.3) is 5.76 Å². The van der Waals surface area contributed by atoms with Crippen molar-refractivity contribution in [1.82, 2.24) is 0 Å². The van der Waals surface area contributed by atoms with Crippen molar-refractivity contribution in [3.05, 3.63) is 76.8 Å². The second-order valence-corrected chi connectivity index (χ2v) is 4.81. The highest BCUT2D eigenvalue weighted by Crippen LogP contribution is 2.35. The Hall–Kier alpha value is -2.42. The molecule has 1 heterocycles. The molecule has 0 saturated heterocycles. The molecular weight excluding hydrogens is 252 g/mol. The van der Waals surface area contributed by atoms with E-state index >= 15 is 0 Å². The van der Waals surface area contributed by atoms with Crippen molar-refractivity contribution in [2.75, 3.05) is 7.11 Å². The predicted octanol–water partition coefficient (Wildman–Crippen LogP) is 3.24. The molecule has 0 bridgehead atoms. The number of rotatable bonds is 2. The van der Waals surface area contributed by atoms with E-state index in [0.717, 1.165) is 28.2 Å². The Balaban J connectivity index is 2.02. The van der Waals surface area contributed by atoms with Crippen LogP contribution in [0.15, 0.2) is 71.2 Å². The maximum absolute atomic E-state index is 9.99. The van der Waals surface area contributed by atoms with Gasteiger partial charge in [-0.25, -0.2) is 0 Å². The number of aliphatic hydroxyl groups excluding tert-OH is 1. The van der Waals surface area contributed by atoms with Gasteiger partial charge in [0.15, 0.2) is 13.2 Å². The van der Waals surface area contributed by atoms with Crippen molar-refractivity contribution in [2.24, 2.45) is 0 Å². The van der Waals surface area contributed by atoms with Gasteiger partial charge in [-0.05, 0) is 19.1 Å². The second kappa shape index (κ2) is 4.93. The molecule has 3 nitrogen and oxygen atoms in total. The van der Waals surface area contributed by atoms with E-state index in [1.165, 1.54) is 0 Å². The molecule has 0 spiro atoms. The average Bonchev–Trinajstić information content (AvgIpc) is 2.49. The minimum atomic E-state index is -0.280. The molecule has 1 aliphatic carbocycles. The summed E-state index contributed by atoms with van der Waals surface area (Å²) in [6.45, 7) is 1.86. The van der Waals surface area contributed by atoms with Gasteiger partial charge in [-0.1, -0.05) is 30.3 Å². The molecule has 0 radical (unpaired) electrons. The van der Waals surface area contributed by atoms with Crippen LogP contribution in [0.3, 0.4) is 0 Å². The van der Waals surface area contributed by atoms with Crippen molar-refractivity contribution >= 4 is 5.76 Å². The van der Waals surface area contributed by atoms with Gasteiger partial charge >= 0.3 is 0 Å². The van der Waals surface area contributed by atoms with E-state index in [1.54, 1.807) is 13.2 Å². The Bertz CT molecular complexity index is 648. The van der Waals surface area contributed by atoms with Gasteiger partial charge in [0.05, 0.1) is 11.1 Å². The number of allylic oxidation sites excluding steroid dienone is 3. The molecule has 20 heavy (non-hydrogen) atoms. The van der Waals surface area contributed by atoms with Gasteiger partial charge in [-0.3, -0.25) is 0 Å². The molecule has 1 atom stereocenters. The van der Waals surface area contributed by atoms with Gasteiger partial charge in [-0.15, -0.1) is 0 Å². The van der Waals surface area contributed by atoms with E-state index in [2.05, 4.69) is 4.74 Å². The summed E-state index contributed by atoms with van der Waals surface area (Å²) in [6.07, 6.45) is 5.42. The van der Waals surface area contributed by atoms with Crippen molar-refractivity contribution in [1.29, 1.82) is 0 Å². The van der Waals surface area contributed by atoms with Crippen LogP contribution in [0.5, 0.6) is 0 Å². The highest BCUT2D eigenvalue weighted by atomic mass is 16.5. The Morgan fingerprint density at radius 2 is 1.90 bits per heavy atom. The maximum atomic E-state index is 9.99. The largest absolute Gasteiger partial charge is 0.584 e. The number of ether oxygens (including phenoxy) is 2. The van der Waals surface area contributed by atoms with Gasteiger partial charge in [0.1, 0.15) is 11.5 Å². The highest BCUT2D eigenvalue weighted by Gasteiger charge is 2.33. The number of fused-ring (bicyclic) bond motifs is 1. The summed E-state index contributed by atoms with van der Waals surface area (Å²) in [5.41, 5.74) is 2.80. The third-order valence-electron chi connectivity index (χ3n) is 3.58. The Morgan fingerprint density at radius 3 is 2.60 bits per heavy atom. The van der Waals surface area contributed by atoms with Crippen LogP contribution in [-0.2, 0) is 4.74 Å². The number of benzene rings is 1. The quantitative estimate of drug-likeness (QED) is 0.837. The van der Waals surface area contributed by atoms with Gasteiger partial charge in [0, 0.05) is 11.6 Å². The first-order valence-electron chi connectivity index (χ1n) is 6.57. The van der Waals surface area contributed by atoms with Crippen LogP contribution in [-0.4, -0.2) is 23.1 Å². The van der Waals surface area contributed by atoms with E-state index in [0.29, 0.717) is 0 Å². The summed E-state index contributed by atoms with van der Waals surface area (Å²) in [5.74, 6) is 1.85. The van der Waals surface area contributed by atoms with Gasteiger partial charge < -0.3 is 14.6 Å². The fourth-order valence-corrected chi connectivity index (χ4v) is 2.51. The minimum absolute atomic E-state index is 0.238. The van der Waals surface area contributed by atoms with Gasteiger partial charge in [0.2, 0.25) is 0 Å². The molecule has 3 heteroatoms. The first-order chi connectivity index (χ1) is 9.70. The lowest BCUT2D eigenvalue weighted by Crippen LogP contribution is -2.23. The molecule has 1 aliphatic heterocycles. The van der Waals surface area contributed by atoms with Crippen molar-refractivity contribution in [2.45, 2.75) is 13.0 Å². The van der Waals surface area contributed by atoms with Crippen LogP contribution in [0.2, 0.25) is 0 Å². The first-order valence-corrected chi connectivity index (χ1v) is 6.57. The monoisotopic (exact) mass is 269 g/mol. The second-order valence-electron chi connectivity index (χ2n) is 4.81. The molecule has 1 aromatic carbocycles. The molecule has 2 N–H and O–H groups in total. The fraction of sp³-hybridized carbons (Fsp3) is 0.176. The zero-order valence-electron chi connectivity index (χ0n) is 11.5. The smallest absolute Gasteiger partial charge is 0.268 e. The summed E-state index contributed by atoms with van der Waals surface area (Å²) in [5, 5.41) is 9.99. The van der Waals surface area contributed by atoms with Crippen LogP contribution >= 0.6 is 0 Å². The first kappa shape index (κ1) is 12.6. The predicted molar refractivity (Wildman–Crippen MR) is 78.9 cm³/mol. The Morgan fingerprint density at radius 1 is 1.15 bits per heavy atom. The normalized spacial score (nSPS) is 21.3. The molecule has 1 unspecified atom stereocenters. The topological polar surface area (TPSA) is 42.3 Å². The third kappa shape index (κ3) is 2.01. The molecule has 0 saturated carbocycles. The summed E-state index contributed by atoms with van der Waals surface area (Å²) in [4.78, 5) is 0. The lowest BCUT2D eigenvalue weighted by Gasteiger charge is -2.27. The zero-order chi connectivity index (χ0) is 14.1. The van der Waals surface area contributed by atoms with Crippen molar-refractivity contribution < 1.29 is 14.6 Å². The summed E-state index contributed by atoms with van der Waals surface area (Å²) in [6, 6.07) is 9.93. The molecule has 3 rings (SSSR count). The zero-order valence-corrected chi connectivity index (χ0v) is 11.5. The molecule has 2 aliphatic rings. The van der Waals surface area contributed by atoms with E-state index in [-0.39, 0.29) is 11.9 Å². The standard InChI is InChI=1S/C17H16O3/c1-11-14(18)10-16-13(17(11)19-2)8-9-15(20-16)12-6-4-3-5-7-12/h3-10,16,18H,1-2H3/p+1. The molecule has 0 aromatic heterocycles. The molecule has 0 amide bonds. The van der Waals surface area contributed by atoms with Crippen molar-refractivity contribution in [3.8, 4) is 0 Å². The average molecular weight is 269 g/mol. The van der Waals surface area contributed by atoms with E-state index in [9.17, 15) is 5.11 Å². The van der Waals surface area contributed by atoms with Crippen LogP contribution in [0.1, 0.15) is 12.5 Å². The molecular formula is C17H17O3+. The summed E-state index contributed by atoms with van der Waals surface area (Å²) >= 11 is 0. The number of hydrogen-bond acceptors (Lipinski definition) is 2. The van der Waals surface area contributed by atoms with Crippen LogP contribution in [0.25, 0.3) is 5.76 Å².